The Bertz CT molecular complexity index is 394. The maximum absolute atomic E-state index is 12.1. The van der Waals surface area contributed by atoms with Crippen LogP contribution in [0.15, 0.2) is 0 Å². The molecule has 0 bridgehead atoms. The molecule has 2 rings (SSSR count). The lowest BCUT2D eigenvalue weighted by Gasteiger charge is -2.36. The molecule has 21 heavy (non-hydrogen) atoms. The number of carbonyl (C=O) groups excluding carboxylic acids is 1. The van der Waals surface area contributed by atoms with Crippen LogP contribution in [0.5, 0.6) is 0 Å². The molecule has 0 saturated heterocycles. The molecule has 2 amide bonds. The van der Waals surface area contributed by atoms with Gasteiger partial charge in [-0.15, -0.1) is 0 Å². The minimum Gasteiger partial charge on any atom is -0.480 e. The van der Waals surface area contributed by atoms with Crippen molar-refractivity contribution in [3.8, 4) is 0 Å². The predicted octanol–water partition coefficient (Wildman–Crippen LogP) is 2.90. The van der Waals surface area contributed by atoms with Gasteiger partial charge in [0, 0.05) is 6.54 Å². The zero-order valence-electron chi connectivity index (χ0n) is 13.2. The summed E-state index contributed by atoms with van der Waals surface area (Å²) in [5.41, 5.74) is -0.901. The fraction of sp³-hybridized carbons (Fsp3) is 0.875. The highest BCUT2D eigenvalue weighted by Gasteiger charge is 2.42. The Morgan fingerprint density at radius 2 is 1.71 bits per heavy atom. The van der Waals surface area contributed by atoms with Gasteiger partial charge in [0.2, 0.25) is 0 Å². The maximum atomic E-state index is 12.1. The third-order valence-electron chi connectivity index (χ3n) is 5.38. The van der Waals surface area contributed by atoms with Crippen molar-refractivity contribution in [3.63, 3.8) is 0 Å². The summed E-state index contributed by atoms with van der Waals surface area (Å²) in [6.45, 7) is 4.95. The Morgan fingerprint density at radius 3 is 2.24 bits per heavy atom. The zero-order valence-corrected chi connectivity index (χ0v) is 13.2. The fourth-order valence-corrected chi connectivity index (χ4v) is 3.61. The number of amides is 2. The number of aliphatic carboxylic acids is 1. The van der Waals surface area contributed by atoms with Crippen LogP contribution < -0.4 is 10.6 Å². The lowest BCUT2D eigenvalue weighted by Crippen LogP contribution is -2.59. The molecule has 0 aliphatic heterocycles. The van der Waals surface area contributed by atoms with Crippen LogP contribution in [-0.2, 0) is 4.79 Å². The molecule has 0 radical (unpaired) electrons. The number of hydrogen-bond donors (Lipinski definition) is 3. The van der Waals surface area contributed by atoms with E-state index in [0.717, 1.165) is 25.7 Å². The summed E-state index contributed by atoms with van der Waals surface area (Å²) in [5, 5.41) is 15.1. The van der Waals surface area contributed by atoms with Crippen LogP contribution in [-0.4, -0.2) is 29.2 Å². The van der Waals surface area contributed by atoms with E-state index in [0.29, 0.717) is 25.3 Å². The van der Waals surface area contributed by atoms with Gasteiger partial charge >= 0.3 is 12.0 Å². The molecule has 2 fully saturated rings. The van der Waals surface area contributed by atoms with E-state index in [1.807, 2.05) is 0 Å². The molecule has 5 heteroatoms. The molecule has 0 atom stereocenters. The average Bonchev–Trinajstić information content (AvgIpc) is 2.87. The topological polar surface area (TPSA) is 78.4 Å². The van der Waals surface area contributed by atoms with Crippen molar-refractivity contribution in [3.05, 3.63) is 0 Å². The van der Waals surface area contributed by atoms with Gasteiger partial charge < -0.3 is 15.7 Å². The highest BCUT2D eigenvalue weighted by molar-refractivity contribution is 5.86. The van der Waals surface area contributed by atoms with Crippen molar-refractivity contribution in [2.75, 3.05) is 6.54 Å². The van der Waals surface area contributed by atoms with Crippen molar-refractivity contribution in [2.45, 2.75) is 70.8 Å². The SMILES string of the molecule is CC1CCC(NC(=O)NCC2(C)CCCC2)(C(=O)O)CC1. The van der Waals surface area contributed by atoms with Crippen LogP contribution in [0.4, 0.5) is 4.79 Å². The van der Waals surface area contributed by atoms with E-state index in [1.165, 1.54) is 12.8 Å². The van der Waals surface area contributed by atoms with E-state index in [2.05, 4.69) is 24.5 Å². The smallest absolute Gasteiger partial charge is 0.329 e. The molecular weight excluding hydrogens is 268 g/mol. The number of carboxylic acids is 1. The number of rotatable bonds is 4. The van der Waals surface area contributed by atoms with Crippen LogP contribution >= 0.6 is 0 Å². The lowest BCUT2D eigenvalue weighted by atomic mass is 9.77. The second-order valence-corrected chi connectivity index (χ2v) is 7.40. The first-order chi connectivity index (χ1) is 9.85. The zero-order chi connectivity index (χ0) is 15.5. The molecule has 0 aromatic carbocycles. The van der Waals surface area contributed by atoms with E-state index < -0.39 is 11.5 Å². The van der Waals surface area contributed by atoms with E-state index >= 15 is 0 Å². The summed E-state index contributed by atoms with van der Waals surface area (Å²) in [6, 6.07) is -0.333. The van der Waals surface area contributed by atoms with E-state index in [9.17, 15) is 14.7 Å². The highest BCUT2D eigenvalue weighted by atomic mass is 16.4. The monoisotopic (exact) mass is 296 g/mol. The van der Waals surface area contributed by atoms with E-state index in [1.54, 1.807) is 0 Å². The quantitative estimate of drug-likeness (QED) is 0.746. The summed E-state index contributed by atoms with van der Waals surface area (Å²) in [7, 11) is 0. The van der Waals surface area contributed by atoms with Gasteiger partial charge in [0.05, 0.1) is 0 Å². The minimum atomic E-state index is -1.08. The molecule has 2 aliphatic carbocycles. The first-order valence-corrected chi connectivity index (χ1v) is 8.15. The first-order valence-electron chi connectivity index (χ1n) is 8.15. The van der Waals surface area contributed by atoms with Gasteiger partial charge in [0.15, 0.2) is 0 Å². The maximum Gasteiger partial charge on any atom is 0.329 e. The second-order valence-electron chi connectivity index (χ2n) is 7.40. The number of urea groups is 1. The number of nitrogens with one attached hydrogen (secondary N) is 2. The van der Waals surface area contributed by atoms with Gasteiger partial charge in [-0.1, -0.05) is 26.7 Å². The van der Waals surface area contributed by atoms with Gasteiger partial charge in [0.25, 0.3) is 0 Å². The molecule has 120 valence electrons. The summed E-state index contributed by atoms with van der Waals surface area (Å²) in [4.78, 5) is 23.7. The van der Waals surface area contributed by atoms with Gasteiger partial charge in [0.1, 0.15) is 5.54 Å². The van der Waals surface area contributed by atoms with Crippen molar-refractivity contribution in [2.24, 2.45) is 11.3 Å². The number of carbonyl (C=O) groups is 2. The minimum absolute atomic E-state index is 0.175. The van der Waals surface area contributed by atoms with Crippen molar-refractivity contribution in [1.82, 2.24) is 10.6 Å². The van der Waals surface area contributed by atoms with Crippen LogP contribution in [0, 0.1) is 11.3 Å². The average molecular weight is 296 g/mol. The Morgan fingerprint density at radius 1 is 1.14 bits per heavy atom. The van der Waals surface area contributed by atoms with Gasteiger partial charge in [-0.2, -0.15) is 0 Å². The van der Waals surface area contributed by atoms with Crippen LogP contribution in [0.3, 0.4) is 0 Å². The Balaban J connectivity index is 1.88. The van der Waals surface area contributed by atoms with Crippen LogP contribution in [0.2, 0.25) is 0 Å². The van der Waals surface area contributed by atoms with Crippen molar-refractivity contribution in [1.29, 1.82) is 0 Å². The third kappa shape index (κ3) is 3.89. The first kappa shape index (κ1) is 16.1. The molecule has 0 heterocycles. The molecule has 3 N–H and O–H groups in total. The number of hydrogen-bond acceptors (Lipinski definition) is 2. The molecule has 2 aliphatic rings. The molecule has 5 nitrogen and oxygen atoms in total. The summed E-state index contributed by atoms with van der Waals surface area (Å²) >= 11 is 0. The molecule has 0 aromatic heterocycles. The third-order valence-corrected chi connectivity index (χ3v) is 5.38. The molecule has 2 saturated carbocycles. The normalized spacial score (nSPS) is 31.6. The van der Waals surface area contributed by atoms with Gasteiger partial charge in [-0.25, -0.2) is 9.59 Å². The summed E-state index contributed by atoms with van der Waals surface area (Å²) in [5.74, 6) is -0.364. The molecular formula is C16H28N2O3. The van der Waals surface area contributed by atoms with Crippen molar-refractivity contribution >= 4 is 12.0 Å². The van der Waals surface area contributed by atoms with Gasteiger partial charge in [-0.05, 0) is 49.9 Å². The number of carboxylic acid groups (broad SMARTS) is 1. The molecule has 0 unspecified atom stereocenters. The fourth-order valence-electron chi connectivity index (χ4n) is 3.61. The van der Waals surface area contributed by atoms with E-state index in [4.69, 9.17) is 0 Å². The highest BCUT2D eigenvalue weighted by Crippen LogP contribution is 2.36. The Kier molecular flexibility index (Phi) is 4.79. The molecule has 0 aromatic rings. The lowest BCUT2D eigenvalue weighted by molar-refractivity contribution is -0.146. The van der Waals surface area contributed by atoms with E-state index in [-0.39, 0.29) is 11.4 Å². The Labute approximate surface area is 126 Å². The summed E-state index contributed by atoms with van der Waals surface area (Å²) < 4.78 is 0. The molecule has 0 spiro atoms. The van der Waals surface area contributed by atoms with Gasteiger partial charge in [-0.3, -0.25) is 0 Å². The largest absolute Gasteiger partial charge is 0.480 e. The standard InChI is InChI=1S/C16H28N2O3/c1-12-5-9-16(10-6-12,13(19)20)18-14(21)17-11-15(2)7-3-4-8-15/h12H,3-11H2,1-2H3,(H,19,20)(H2,17,18,21). The van der Waals surface area contributed by atoms with Crippen LogP contribution in [0.25, 0.3) is 0 Å². The Hall–Kier alpha value is -1.26. The predicted molar refractivity (Wildman–Crippen MR) is 81.1 cm³/mol. The van der Waals surface area contributed by atoms with Crippen LogP contribution in [0.1, 0.15) is 65.2 Å². The second kappa shape index (κ2) is 6.24. The van der Waals surface area contributed by atoms with Crippen molar-refractivity contribution < 1.29 is 14.7 Å². The summed E-state index contributed by atoms with van der Waals surface area (Å²) in [6.07, 6.45) is 7.45.